The molecule has 1 N–H and O–H groups in total. The number of aromatic nitrogens is 1. The number of phenols is 1. The Kier molecular flexibility index (Phi) is 6.00. The summed E-state index contributed by atoms with van der Waals surface area (Å²) in [4.78, 5) is 7.55. The number of pyridine rings is 1. The Morgan fingerprint density at radius 3 is 2.22 bits per heavy atom. The highest BCUT2D eigenvalue weighted by atomic mass is 16.3. The third-order valence-corrected chi connectivity index (χ3v) is 5.09. The van der Waals surface area contributed by atoms with Gasteiger partial charge in [-0.15, -0.1) is 0 Å². The summed E-state index contributed by atoms with van der Waals surface area (Å²) in [7, 11) is 0. The second-order valence-corrected chi connectivity index (χ2v) is 7.12. The Morgan fingerprint density at radius 1 is 0.926 bits per heavy atom. The van der Waals surface area contributed by atoms with E-state index in [0.717, 1.165) is 54.9 Å². The highest BCUT2D eigenvalue weighted by Gasteiger charge is 2.18. The van der Waals surface area contributed by atoms with E-state index >= 15 is 0 Å². The summed E-state index contributed by atoms with van der Waals surface area (Å²) in [6.45, 7) is 10.8. The number of benzene rings is 2. The quantitative estimate of drug-likeness (QED) is 0.551. The average molecular weight is 363 g/mol. The van der Waals surface area contributed by atoms with Gasteiger partial charge in [0.2, 0.25) is 0 Å². The van der Waals surface area contributed by atoms with Crippen molar-refractivity contribution in [1.82, 2.24) is 4.98 Å². The van der Waals surface area contributed by atoms with Crippen LogP contribution in [0.5, 0.6) is 5.75 Å². The molecule has 3 heteroatoms. The second kappa shape index (κ2) is 8.43. The monoisotopic (exact) mass is 362 g/mol. The summed E-state index contributed by atoms with van der Waals surface area (Å²) < 4.78 is 0. The molecule has 2 aromatic carbocycles. The number of aryl methyl sites for hydroxylation is 2. The number of hydrogen-bond donors (Lipinski definition) is 1. The van der Waals surface area contributed by atoms with E-state index in [0.29, 0.717) is 5.75 Å². The summed E-state index contributed by atoms with van der Waals surface area (Å²) in [6.07, 6.45) is 3.10. The lowest BCUT2D eigenvalue weighted by Crippen LogP contribution is -2.26. The van der Waals surface area contributed by atoms with E-state index in [1.807, 2.05) is 12.1 Å². The van der Waals surface area contributed by atoms with Gasteiger partial charge in [-0.25, -0.2) is 0 Å². The zero-order chi connectivity index (χ0) is 19.4. The van der Waals surface area contributed by atoms with Crippen LogP contribution in [0.15, 0.2) is 42.5 Å². The summed E-state index contributed by atoms with van der Waals surface area (Å²) in [6, 6.07) is 14.2. The van der Waals surface area contributed by atoms with Crippen molar-refractivity contribution < 1.29 is 5.11 Å². The highest BCUT2D eigenvalue weighted by Crippen LogP contribution is 2.37. The van der Waals surface area contributed by atoms with E-state index < -0.39 is 0 Å². The van der Waals surface area contributed by atoms with Gasteiger partial charge in [0.15, 0.2) is 0 Å². The number of aromatic hydroxyl groups is 1. The number of hydrogen-bond acceptors (Lipinski definition) is 3. The molecular formula is C24H30N2O. The van der Waals surface area contributed by atoms with Gasteiger partial charge in [0.25, 0.3) is 0 Å². The predicted molar refractivity (Wildman–Crippen MR) is 116 cm³/mol. The summed E-state index contributed by atoms with van der Waals surface area (Å²) in [5, 5.41) is 12.3. The highest BCUT2D eigenvalue weighted by molar-refractivity contribution is 6.03. The lowest BCUT2D eigenvalue weighted by Gasteiger charge is -2.27. The van der Waals surface area contributed by atoms with Crippen molar-refractivity contribution in [3.05, 3.63) is 53.7 Å². The maximum absolute atomic E-state index is 9.89. The Bertz CT molecular complexity index is 927. The normalized spacial score (nSPS) is 11.1. The number of anilines is 1. The molecule has 1 aromatic heterocycles. The Hall–Kier alpha value is -2.55. The molecule has 142 valence electrons. The Balaban J connectivity index is 2.28. The molecule has 0 aliphatic rings. The van der Waals surface area contributed by atoms with Gasteiger partial charge >= 0.3 is 0 Å². The van der Waals surface area contributed by atoms with Crippen molar-refractivity contribution in [3.63, 3.8) is 0 Å². The number of nitrogens with zero attached hydrogens (tertiary/aromatic N) is 2. The van der Waals surface area contributed by atoms with Crippen molar-refractivity contribution >= 4 is 16.5 Å². The first kappa shape index (κ1) is 19.2. The van der Waals surface area contributed by atoms with E-state index in [1.54, 1.807) is 6.07 Å². The SMILES string of the molecule is CCCN(CCC)c1c(C)nc(-c2ccc(O)cc2CC)c2ccccc12. The first-order valence-corrected chi connectivity index (χ1v) is 10.1. The molecule has 0 unspecified atom stereocenters. The molecule has 0 aliphatic heterocycles. The molecule has 3 nitrogen and oxygen atoms in total. The molecule has 0 saturated heterocycles. The van der Waals surface area contributed by atoms with Crippen LogP contribution in [0.3, 0.4) is 0 Å². The van der Waals surface area contributed by atoms with Crippen molar-refractivity contribution in [1.29, 1.82) is 0 Å². The van der Waals surface area contributed by atoms with E-state index in [4.69, 9.17) is 4.98 Å². The Labute approximate surface area is 162 Å². The minimum atomic E-state index is 0.310. The Morgan fingerprint density at radius 2 is 1.59 bits per heavy atom. The molecular weight excluding hydrogens is 332 g/mol. The van der Waals surface area contributed by atoms with Crippen LogP contribution >= 0.6 is 0 Å². The predicted octanol–water partition coefficient (Wildman–Crippen LogP) is 6.10. The lowest BCUT2D eigenvalue weighted by atomic mass is 9.96. The van der Waals surface area contributed by atoms with Crippen molar-refractivity contribution in [2.75, 3.05) is 18.0 Å². The molecule has 0 fully saturated rings. The average Bonchev–Trinajstić information content (AvgIpc) is 2.67. The van der Waals surface area contributed by atoms with Crippen LogP contribution in [-0.2, 0) is 6.42 Å². The minimum Gasteiger partial charge on any atom is -0.508 e. The fourth-order valence-corrected chi connectivity index (χ4v) is 3.96. The zero-order valence-corrected chi connectivity index (χ0v) is 16.9. The summed E-state index contributed by atoms with van der Waals surface area (Å²) in [5.41, 5.74) is 5.57. The molecule has 0 amide bonds. The van der Waals surface area contributed by atoms with Gasteiger partial charge in [-0.05, 0) is 49.9 Å². The smallest absolute Gasteiger partial charge is 0.115 e. The zero-order valence-electron chi connectivity index (χ0n) is 16.9. The third kappa shape index (κ3) is 3.78. The molecule has 0 saturated carbocycles. The van der Waals surface area contributed by atoms with Crippen molar-refractivity contribution in [2.24, 2.45) is 0 Å². The molecule has 0 bridgehead atoms. The number of phenolic OH excluding ortho intramolecular Hbond substituents is 1. The van der Waals surface area contributed by atoms with Crippen LogP contribution in [-0.4, -0.2) is 23.2 Å². The number of rotatable bonds is 7. The van der Waals surface area contributed by atoms with Crippen LogP contribution in [0, 0.1) is 6.92 Å². The maximum atomic E-state index is 9.89. The largest absolute Gasteiger partial charge is 0.508 e. The molecule has 3 rings (SSSR count). The first-order valence-electron chi connectivity index (χ1n) is 10.1. The van der Waals surface area contributed by atoms with Crippen molar-refractivity contribution in [3.8, 4) is 17.0 Å². The van der Waals surface area contributed by atoms with Crippen LogP contribution in [0.4, 0.5) is 5.69 Å². The van der Waals surface area contributed by atoms with Gasteiger partial charge in [0.1, 0.15) is 5.75 Å². The number of fused-ring (bicyclic) bond motifs is 1. The van der Waals surface area contributed by atoms with E-state index in [1.165, 1.54) is 16.5 Å². The molecule has 27 heavy (non-hydrogen) atoms. The van der Waals surface area contributed by atoms with Crippen LogP contribution in [0.1, 0.15) is 44.9 Å². The first-order chi connectivity index (χ1) is 13.1. The van der Waals surface area contributed by atoms with Gasteiger partial charge in [0, 0.05) is 29.4 Å². The van der Waals surface area contributed by atoms with Gasteiger partial charge in [-0.2, -0.15) is 0 Å². The van der Waals surface area contributed by atoms with Gasteiger partial charge < -0.3 is 10.0 Å². The van der Waals surface area contributed by atoms with Crippen LogP contribution in [0.2, 0.25) is 0 Å². The third-order valence-electron chi connectivity index (χ3n) is 5.09. The minimum absolute atomic E-state index is 0.310. The van der Waals surface area contributed by atoms with Crippen LogP contribution < -0.4 is 4.90 Å². The molecule has 0 aliphatic carbocycles. The van der Waals surface area contributed by atoms with Gasteiger partial charge in [-0.1, -0.05) is 45.0 Å². The molecule has 0 atom stereocenters. The lowest BCUT2D eigenvalue weighted by molar-refractivity contribution is 0.474. The fraction of sp³-hybridized carbons (Fsp3) is 0.375. The van der Waals surface area contributed by atoms with E-state index in [9.17, 15) is 5.11 Å². The maximum Gasteiger partial charge on any atom is 0.115 e. The molecule has 3 aromatic rings. The topological polar surface area (TPSA) is 36.4 Å². The summed E-state index contributed by atoms with van der Waals surface area (Å²) >= 11 is 0. The van der Waals surface area contributed by atoms with Crippen LogP contribution in [0.25, 0.3) is 22.0 Å². The van der Waals surface area contributed by atoms with E-state index in [-0.39, 0.29) is 0 Å². The van der Waals surface area contributed by atoms with Gasteiger partial charge in [0.05, 0.1) is 17.1 Å². The molecule has 0 radical (unpaired) electrons. The van der Waals surface area contributed by atoms with Gasteiger partial charge in [-0.3, -0.25) is 4.98 Å². The summed E-state index contributed by atoms with van der Waals surface area (Å²) in [5.74, 6) is 0.310. The van der Waals surface area contributed by atoms with E-state index in [2.05, 4.69) is 56.9 Å². The molecule has 0 spiro atoms. The molecule has 1 heterocycles. The second-order valence-electron chi connectivity index (χ2n) is 7.12. The standard InChI is InChI=1S/C24H30N2O/c1-5-14-26(15-6-2)24-17(4)25-23(21-10-8-9-11-22(21)24)20-13-12-19(27)16-18(20)7-3/h8-13,16,27H,5-7,14-15H2,1-4H3. The van der Waals surface area contributed by atoms with Crippen molar-refractivity contribution in [2.45, 2.75) is 47.0 Å². The fourth-order valence-electron chi connectivity index (χ4n) is 3.96.